The molecule has 2 aliphatic heterocycles. The van der Waals surface area contributed by atoms with E-state index < -0.39 is 6.61 Å². The molecule has 7 nitrogen and oxygen atoms in total. The number of hydrogen-bond donors (Lipinski definition) is 1. The van der Waals surface area contributed by atoms with Gasteiger partial charge in [0, 0.05) is 24.7 Å². The van der Waals surface area contributed by atoms with Gasteiger partial charge in [-0.1, -0.05) is 6.58 Å². The topological polar surface area (TPSA) is 64.9 Å². The third-order valence-corrected chi connectivity index (χ3v) is 4.61. The summed E-state index contributed by atoms with van der Waals surface area (Å²) in [5, 5.41) is 4.51. The van der Waals surface area contributed by atoms with Gasteiger partial charge in [-0.05, 0) is 30.3 Å². The number of amides is 1. The molecule has 0 aromatic heterocycles. The van der Waals surface area contributed by atoms with Crippen LogP contribution in [0.15, 0.2) is 36.9 Å². The Bertz CT molecular complexity index is 683. The van der Waals surface area contributed by atoms with Crippen molar-refractivity contribution in [3.8, 4) is 5.75 Å². The number of halogens is 2. The lowest BCUT2D eigenvalue weighted by atomic mass is 10.0. The molecule has 1 aromatic carbocycles. The van der Waals surface area contributed by atoms with Gasteiger partial charge in [-0.3, -0.25) is 4.79 Å². The Balaban J connectivity index is 1.75. The molecule has 2 fully saturated rings. The van der Waals surface area contributed by atoms with E-state index in [4.69, 9.17) is 0 Å². The Kier molecular flexibility index (Phi) is 5.34. The maximum absolute atomic E-state index is 12.3. The van der Waals surface area contributed by atoms with E-state index in [9.17, 15) is 18.5 Å². The molecule has 0 bridgehead atoms. The highest BCUT2D eigenvalue weighted by atomic mass is 19.3. The number of benzene rings is 1. The van der Waals surface area contributed by atoms with Crippen molar-refractivity contribution in [2.24, 2.45) is 5.92 Å². The van der Waals surface area contributed by atoms with Crippen LogP contribution in [-0.2, 0) is 4.79 Å². The number of fused-ring (bicyclic) bond motifs is 1. The molecule has 0 radical (unpaired) electrons. The molecule has 1 N–H and O–H groups in total. The van der Waals surface area contributed by atoms with Crippen LogP contribution in [0.25, 0.3) is 0 Å². The van der Waals surface area contributed by atoms with E-state index in [1.807, 2.05) is 0 Å². The molecule has 1 aromatic rings. The summed E-state index contributed by atoms with van der Waals surface area (Å²) < 4.78 is 29.0. The maximum Gasteiger partial charge on any atom is 0.387 e. The molecule has 0 spiro atoms. The minimum atomic E-state index is -2.87. The Labute approximate surface area is 149 Å². The van der Waals surface area contributed by atoms with Crippen molar-refractivity contribution in [3.63, 3.8) is 0 Å². The summed E-state index contributed by atoms with van der Waals surface area (Å²) in [4.78, 5) is 26.5. The first-order valence-electron chi connectivity index (χ1n) is 8.41. The quantitative estimate of drug-likeness (QED) is 0.613. The van der Waals surface area contributed by atoms with Crippen LogP contribution in [0.4, 0.5) is 14.5 Å². The lowest BCUT2D eigenvalue weighted by Gasteiger charge is -2.40. The normalized spacial score (nSPS) is 22.3. The number of hydrazine groups is 1. The number of nitrogens with zero attached hydrogens (tertiary/aromatic N) is 3. The molecule has 0 aliphatic carbocycles. The van der Waals surface area contributed by atoms with Gasteiger partial charge in [-0.2, -0.15) is 8.78 Å². The van der Waals surface area contributed by atoms with Crippen LogP contribution >= 0.6 is 0 Å². The molecule has 2 atom stereocenters. The van der Waals surface area contributed by atoms with Gasteiger partial charge >= 0.3 is 6.61 Å². The summed E-state index contributed by atoms with van der Waals surface area (Å²) in [6, 6.07) is 6.37. The first kappa shape index (κ1) is 18.1. The number of nitroso groups, excluding NO2 is 1. The summed E-state index contributed by atoms with van der Waals surface area (Å²) in [5.41, 5.74) is 0.816. The number of rotatable bonds is 6. The molecule has 2 unspecified atom stereocenters. The van der Waals surface area contributed by atoms with Crippen LogP contribution in [-0.4, -0.2) is 54.7 Å². The third kappa shape index (κ3) is 3.92. The average Bonchev–Trinajstić information content (AvgIpc) is 3.00. The Morgan fingerprint density at radius 3 is 2.77 bits per heavy atom. The average molecular weight is 367 g/mol. The van der Waals surface area contributed by atoms with Gasteiger partial charge in [0.05, 0.1) is 17.9 Å². The Morgan fingerprint density at radius 2 is 2.12 bits per heavy atom. The molecule has 26 heavy (non-hydrogen) atoms. The van der Waals surface area contributed by atoms with Crippen molar-refractivity contribution >= 4 is 11.6 Å². The molecule has 2 saturated heterocycles. The molecule has 140 valence electrons. The zero-order valence-corrected chi connectivity index (χ0v) is 14.2. The van der Waals surface area contributed by atoms with Crippen LogP contribution < -0.4 is 15.0 Å². The number of nitrogens with one attached hydrogen (secondary N) is 1. The summed E-state index contributed by atoms with van der Waals surface area (Å²) in [6.07, 6.45) is 1.81. The lowest BCUT2D eigenvalue weighted by molar-refractivity contribution is -0.692. The molecule has 1 amide bonds. The monoisotopic (exact) mass is 367 g/mol. The minimum Gasteiger partial charge on any atom is -0.435 e. The third-order valence-electron chi connectivity index (χ3n) is 4.61. The van der Waals surface area contributed by atoms with E-state index in [2.05, 4.69) is 21.5 Å². The van der Waals surface area contributed by atoms with Gasteiger partial charge < -0.3 is 15.0 Å². The second-order valence-electron chi connectivity index (χ2n) is 6.31. The van der Waals surface area contributed by atoms with Crippen molar-refractivity contribution in [1.29, 1.82) is 0 Å². The first-order chi connectivity index (χ1) is 12.5. The standard InChI is InChI=1S/C17H20F2N4O3/c1-2-15(24)20-9-12-10-21(16-7-8-23(25)22(16)11-12)13-3-5-14(6-4-13)26-17(18)19/h2-6,12,16-17H,1,7-11H2/p+1. The Morgan fingerprint density at radius 1 is 1.38 bits per heavy atom. The molecule has 0 saturated carbocycles. The van der Waals surface area contributed by atoms with Gasteiger partial charge in [-0.15, -0.1) is 5.01 Å². The van der Waals surface area contributed by atoms with E-state index in [0.717, 1.165) is 10.6 Å². The fraction of sp³-hybridized carbons (Fsp3) is 0.471. The fourth-order valence-electron chi connectivity index (χ4n) is 3.45. The van der Waals surface area contributed by atoms with Gasteiger partial charge in [0.25, 0.3) is 0 Å². The van der Waals surface area contributed by atoms with E-state index >= 15 is 0 Å². The minimum absolute atomic E-state index is 0.0432. The van der Waals surface area contributed by atoms with Crippen LogP contribution in [0.1, 0.15) is 6.42 Å². The fourth-order valence-corrected chi connectivity index (χ4v) is 3.45. The predicted octanol–water partition coefficient (Wildman–Crippen LogP) is 1.75. The second-order valence-corrected chi connectivity index (χ2v) is 6.31. The van der Waals surface area contributed by atoms with Crippen LogP contribution in [0.2, 0.25) is 0 Å². The molecule has 2 aliphatic rings. The largest absolute Gasteiger partial charge is 0.435 e. The molecular weight excluding hydrogens is 346 g/mol. The van der Waals surface area contributed by atoms with Gasteiger partial charge in [0.1, 0.15) is 10.6 Å². The number of hydrogen-bond acceptors (Lipinski definition) is 4. The van der Waals surface area contributed by atoms with Crippen molar-refractivity contribution in [3.05, 3.63) is 41.8 Å². The highest BCUT2D eigenvalue weighted by Gasteiger charge is 2.47. The first-order valence-corrected chi connectivity index (χ1v) is 8.41. The van der Waals surface area contributed by atoms with E-state index in [-0.39, 0.29) is 23.7 Å². The van der Waals surface area contributed by atoms with Crippen molar-refractivity contribution in [2.75, 3.05) is 31.1 Å². The highest BCUT2D eigenvalue weighted by Crippen LogP contribution is 2.31. The van der Waals surface area contributed by atoms with E-state index in [1.54, 1.807) is 17.1 Å². The van der Waals surface area contributed by atoms with Crippen LogP contribution in [0.3, 0.4) is 0 Å². The molecule has 2 heterocycles. The van der Waals surface area contributed by atoms with Gasteiger partial charge in [-0.25, -0.2) is 0 Å². The van der Waals surface area contributed by atoms with E-state index in [1.165, 1.54) is 18.2 Å². The van der Waals surface area contributed by atoms with Crippen LogP contribution in [0, 0.1) is 10.8 Å². The van der Waals surface area contributed by atoms with Crippen LogP contribution in [0.5, 0.6) is 5.75 Å². The van der Waals surface area contributed by atoms with Crippen molar-refractivity contribution < 1.29 is 23.2 Å². The van der Waals surface area contributed by atoms with Crippen molar-refractivity contribution in [2.45, 2.75) is 19.2 Å². The predicted molar refractivity (Wildman–Crippen MR) is 90.7 cm³/mol. The molecule has 3 rings (SSSR count). The molecule has 9 heteroatoms. The van der Waals surface area contributed by atoms with E-state index in [0.29, 0.717) is 32.6 Å². The van der Waals surface area contributed by atoms with Gasteiger partial charge in [0.2, 0.25) is 12.5 Å². The highest BCUT2D eigenvalue weighted by molar-refractivity contribution is 5.86. The number of ether oxygens (including phenoxy) is 1. The maximum atomic E-state index is 12.3. The summed E-state index contributed by atoms with van der Waals surface area (Å²) in [5.74, 6) is -0.126. The summed E-state index contributed by atoms with van der Waals surface area (Å²) in [6.45, 7) is 2.57. The SMILES string of the molecule is C=CC(=O)NCC1CN(c2ccc(OC(F)F)cc2)C2CC[N+](=O)N2C1. The van der Waals surface area contributed by atoms with Crippen molar-refractivity contribution in [1.82, 2.24) is 10.3 Å². The van der Waals surface area contributed by atoms with Gasteiger partial charge in [0.15, 0.2) is 6.17 Å². The Hall–Kier alpha value is -2.71. The number of alkyl halides is 2. The summed E-state index contributed by atoms with van der Waals surface area (Å²) in [7, 11) is 0. The smallest absolute Gasteiger partial charge is 0.387 e. The number of anilines is 1. The summed E-state index contributed by atoms with van der Waals surface area (Å²) >= 11 is 0. The lowest BCUT2D eigenvalue weighted by Crippen LogP contribution is -2.57. The zero-order valence-electron chi connectivity index (χ0n) is 14.2. The number of carbonyl (C=O) groups excluding carboxylic acids is 1. The second kappa shape index (κ2) is 7.67. The zero-order chi connectivity index (χ0) is 18.7. The number of carbonyl (C=O) groups is 1. The molecular formula is C17H21F2N4O3+.